The van der Waals surface area contributed by atoms with E-state index in [0.717, 1.165) is 30.2 Å². The van der Waals surface area contributed by atoms with Crippen LogP contribution in [-0.4, -0.2) is 19.0 Å². The molecule has 0 aliphatic rings. The molecule has 0 radical (unpaired) electrons. The van der Waals surface area contributed by atoms with Crippen LogP contribution in [0.3, 0.4) is 0 Å². The van der Waals surface area contributed by atoms with E-state index in [9.17, 15) is 4.79 Å². The van der Waals surface area contributed by atoms with Crippen molar-refractivity contribution in [1.82, 2.24) is 5.32 Å². The SMILES string of the molecule is CCCCCNCC(=O)Nc1ccc(Oc2ccccc2)cc1. The van der Waals surface area contributed by atoms with E-state index in [-0.39, 0.29) is 5.91 Å². The summed E-state index contributed by atoms with van der Waals surface area (Å²) in [5.74, 6) is 1.51. The number of anilines is 1. The van der Waals surface area contributed by atoms with Crippen molar-refractivity contribution in [1.29, 1.82) is 0 Å². The highest BCUT2D eigenvalue weighted by Crippen LogP contribution is 2.22. The Labute approximate surface area is 137 Å². The van der Waals surface area contributed by atoms with E-state index >= 15 is 0 Å². The fourth-order valence-electron chi connectivity index (χ4n) is 2.14. The van der Waals surface area contributed by atoms with Gasteiger partial charge in [-0.05, 0) is 49.4 Å². The minimum absolute atomic E-state index is 0.0294. The molecule has 0 saturated heterocycles. The first kappa shape index (κ1) is 17.0. The minimum Gasteiger partial charge on any atom is -0.457 e. The van der Waals surface area contributed by atoms with E-state index in [1.807, 2.05) is 54.6 Å². The maximum absolute atomic E-state index is 11.8. The summed E-state index contributed by atoms with van der Waals surface area (Å²) in [4.78, 5) is 11.8. The van der Waals surface area contributed by atoms with Crippen molar-refractivity contribution in [3.63, 3.8) is 0 Å². The van der Waals surface area contributed by atoms with Crippen LogP contribution in [0, 0.1) is 0 Å². The predicted molar refractivity (Wildman–Crippen MR) is 94.0 cm³/mol. The van der Waals surface area contributed by atoms with E-state index in [2.05, 4.69) is 17.6 Å². The zero-order valence-electron chi connectivity index (χ0n) is 13.5. The van der Waals surface area contributed by atoms with E-state index in [1.54, 1.807) is 0 Å². The molecule has 0 spiro atoms. The summed E-state index contributed by atoms with van der Waals surface area (Å²) in [6.45, 7) is 3.38. The van der Waals surface area contributed by atoms with Gasteiger partial charge in [0.25, 0.3) is 0 Å². The Morgan fingerprint density at radius 3 is 2.35 bits per heavy atom. The van der Waals surface area contributed by atoms with Gasteiger partial charge >= 0.3 is 0 Å². The second kappa shape index (κ2) is 9.64. The van der Waals surface area contributed by atoms with Gasteiger partial charge in [0.2, 0.25) is 5.91 Å². The first-order chi connectivity index (χ1) is 11.3. The molecule has 2 N–H and O–H groups in total. The van der Waals surface area contributed by atoms with Gasteiger partial charge in [0, 0.05) is 5.69 Å². The maximum atomic E-state index is 11.8. The molecule has 0 unspecified atom stereocenters. The van der Waals surface area contributed by atoms with E-state index in [1.165, 1.54) is 12.8 Å². The van der Waals surface area contributed by atoms with Crippen LogP contribution in [0.25, 0.3) is 0 Å². The van der Waals surface area contributed by atoms with Crippen LogP contribution in [-0.2, 0) is 4.79 Å². The fourth-order valence-corrected chi connectivity index (χ4v) is 2.14. The molecule has 0 aromatic heterocycles. The van der Waals surface area contributed by atoms with Crippen molar-refractivity contribution < 1.29 is 9.53 Å². The van der Waals surface area contributed by atoms with E-state index in [0.29, 0.717) is 6.54 Å². The molecule has 0 aliphatic heterocycles. The van der Waals surface area contributed by atoms with E-state index in [4.69, 9.17) is 4.74 Å². The Morgan fingerprint density at radius 1 is 0.957 bits per heavy atom. The monoisotopic (exact) mass is 312 g/mol. The normalized spacial score (nSPS) is 10.3. The molecule has 2 aromatic carbocycles. The zero-order chi connectivity index (χ0) is 16.3. The fraction of sp³-hybridized carbons (Fsp3) is 0.316. The Bertz CT molecular complexity index is 582. The summed E-state index contributed by atoms with van der Waals surface area (Å²) in [6, 6.07) is 17.0. The molecule has 0 aliphatic carbocycles. The minimum atomic E-state index is -0.0294. The number of nitrogens with one attached hydrogen (secondary N) is 2. The number of hydrogen-bond acceptors (Lipinski definition) is 3. The van der Waals surface area contributed by atoms with Crippen LogP contribution in [0.4, 0.5) is 5.69 Å². The van der Waals surface area contributed by atoms with Crippen molar-refractivity contribution in [2.24, 2.45) is 0 Å². The quantitative estimate of drug-likeness (QED) is 0.682. The van der Waals surface area contributed by atoms with Gasteiger partial charge in [-0.2, -0.15) is 0 Å². The van der Waals surface area contributed by atoms with Gasteiger partial charge in [-0.25, -0.2) is 0 Å². The van der Waals surface area contributed by atoms with Crippen molar-refractivity contribution >= 4 is 11.6 Å². The standard InChI is InChI=1S/C19H24N2O2/c1-2-3-7-14-20-15-19(22)21-16-10-12-18(13-11-16)23-17-8-5-4-6-9-17/h4-6,8-13,20H,2-3,7,14-15H2,1H3,(H,21,22). The molecule has 2 rings (SSSR count). The molecule has 0 fully saturated rings. The van der Waals surface area contributed by atoms with Crippen LogP contribution in [0.2, 0.25) is 0 Å². The molecule has 0 atom stereocenters. The summed E-state index contributed by atoms with van der Waals surface area (Å²) in [7, 11) is 0. The summed E-state index contributed by atoms with van der Waals surface area (Å²) in [5, 5.41) is 6.01. The smallest absolute Gasteiger partial charge is 0.238 e. The average Bonchev–Trinajstić information content (AvgIpc) is 2.57. The van der Waals surface area contributed by atoms with Gasteiger partial charge < -0.3 is 15.4 Å². The lowest BCUT2D eigenvalue weighted by atomic mass is 10.2. The van der Waals surface area contributed by atoms with Gasteiger partial charge in [0.15, 0.2) is 0 Å². The number of ether oxygens (including phenoxy) is 1. The molecule has 0 heterocycles. The van der Waals surface area contributed by atoms with Crippen LogP contribution < -0.4 is 15.4 Å². The van der Waals surface area contributed by atoms with Crippen LogP contribution in [0.15, 0.2) is 54.6 Å². The number of amides is 1. The van der Waals surface area contributed by atoms with Crippen molar-refractivity contribution in [3.05, 3.63) is 54.6 Å². The lowest BCUT2D eigenvalue weighted by Gasteiger charge is -2.08. The van der Waals surface area contributed by atoms with Crippen LogP contribution in [0.1, 0.15) is 26.2 Å². The second-order valence-corrected chi connectivity index (χ2v) is 5.37. The highest BCUT2D eigenvalue weighted by Gasteiger charge is 2.02. The van der Waals surface area contributed by atoms with Gasteiger partial charge in [-0.15, -0.1) is 0 Å². The topological polar surface area (TPSA) is 50.4 Å². The number of para-hydroxylation sites is 1. The van der Waals surface area contributed by atoms with Crippen LogP contribution in [0.5, 0.6) is 11.5 Å². The third-order valence-corrected chi connectivity index (χ3v) is 3.36. The Balaban J connectivity index is 1.75. The third-order valence-electron chi connectivity index (χ3n) is 3.36. The Hall–Kier alpha value is -2.33. The average molecular weight is 312 g/mol. The van der Waals surface area contributed by atoms with Crippen molar-refractivity contribution in [3.8, 4) is 11.5 Å². The summed E-state index contributed by atoms with van der Waals surface area (Å²) < 4.78 is 5.72. The molecule has 4 heteroatoms. The summed E-state index contributed by atoms with van der Waals surface area (Å²) in [6.07, 6.45) is 3.48. The molecule has 122 valence electrons. The maximum Gasteiger partial charge on any atom is 0.238 e. The summed E-state index contributed by atoms with van der Waals surface area (Å²) in [5.41, 5.74) is 0.769. The predicted octanol–water partition coefficient (Wildman–Crippen LogP) is 4.20. The van der Waals surface area contributed by atoms with Gasteiger partial charge in [0.1, 0.15) is 11.5 Å². The molecule has 2 aromatic rings. The molecule has 4 nitrogen and oxygen atoms in total. The van der Waals surface area contributed by atoms with E-state index < -0.39 is 0 Å². The van der Waals surface area contributed by atoms with Gasteiger partial charge in [-0.1, -0.05) is 38.0 Å². The lowest BCUT2D eigenvalue weighted by molar-refractivity contribution is -0.115. The number of rotatable bonds is 9. The summed E-state index contributed by atoms with van der Waals surface area (Å²) >= 11 is 0. The second-order valence-electron chi connectivity index (χ2n) is 5.37. The molecule has 0 saturated carbocycles. The largest absolute Gasteiger partial charge is 0.457 e. The molecule has 0 bridgehead atoms. The van der Waals surface area contributed by atoms with Crippen molar-refractivity contribution in [2.75, 3.05) is 18.4 Å². The Morgan fingerprint density at radius 2 is 1.65 bits per heavy atom. The first-order valence-electron chi connectivity index (χ1n) is 8.11. The molecule has 1 amide bonds. The first-order valence-corrected chi connectivity index (χ1v) is 8.11. The highest BCUT2D eigenvalue weighted by molar-refractivity contribution is 5.92. The van der Waals surface area contributed by atoms with Gasteiger partial charge in [0.05, 0.1) is 6.54 Å². The number of carbonyl (C=O) groups is 1. The van der Waals surface area contributed by atoms with Crippen LogP contribution >= 0.6 is 0 Å². The number of unbranched alkanes of at least 4 members (excludes halogenated alkanes) is 2. The third kappa shape index (κ3) is 6.53. The van der Waals surface area contributed by atoms with Crippen molar-refractivity contribution in [2.45, 2.75) is 26.2 Å². The molecular weight excluding hydrogens is 288 g/mol. The molecule has 23 heavy (non-hydrogen) atoms. The number of hydrogen-bond donors (Lipinski definition) is 2. The number of benzene rings is 2. The zero-order valence-corrected chi connectivity index (χ0v) is 13.5. The Kier molecular flexibility index (Phi) is 7.14. The highest BCUT2D eigenvalue weighted by atomic mass is 16.5. The molecular formula is C19H24N2O2. The van der Waals surface area contributed by atoms with Gasteiger partial charge in [-0.3, -0.25) is 4.79 Å². The lowest BCUT2D eigenvalue weighted by Crippen LogP contribution is -2.28. The number of carbonyl (C=O) groups excluding carboxylic acids is 1.